The highest BCUT2D eigenvalue weighted by molar-refractivity contribution is 6.12. The van der Waals surface area contributed by atoms with Gasteiger partial charge in [-0.3, -0.25) is 14.4 Å². The number of nitrogens with zero attached hydrogens (tertiary/aromatic N) is 2. The van der Waals surface area contributed by atoms with Gasteiger partial charge in [0.15, 0.2) is 0 Å². The number of aromatic nitrogens is 2. The molecule has 4 aromatic rings. The molecule has 0 aliphatic carbocycles. The Bertz CT molecular complexity index is 1350. The Morgan fingerprint density at radius 3 is 2.37 bits per heavy atom. The van der Waals surface area contributed by atoms with Gasteiger partial charge < -0.3 is 20.5 Å². The highest BCUT2D eigenvalue weighted by atomic mass is 16.2. The van der Waals surface area contributed by atoms with Crippen molar-refractivity contribution in [2.24, 2.45) is 0 Å². The molecule has 0 radical (unpaired) electrons. The van der Waals surface area contributed by atoms with Gasteiger partial charge in [-0.2, -0.15) is 0 Å². The van der Waals surface area contributed by atoms with Crippen molar-refractivity contribution >= 4 is 34.8 Å². The molecular weight excluding hydrogens is 442 g/mol. The van der Waals surface area contributed by atoms with E-state index in [9.17, 15) is 14.4 Å². The second-order valence-electron chi connectivity index (χ2n) is 8.00. The van der Waals surface area contributed by atoms with Crippen LogP contribution in [0.4, 0.5) is 17.1 Å². The number of carbonyl (C=O) groups excluding carboxylic acids is 3. The van der Waals surface area contributed by atoms with E-state index < -0.39 is 5.91 Å². The number of amides is 3. The highest BCUT2D eigenvalue weighted by Crippen LogP contribution is 2.20. The lowest BCUT2D eigenvalue weighted by Gasteiger charge is -2.12. The number of anilines is 3. The first-order valence-electron chi connectivity index (χ1n) is 11.1. The van der Waals surface area contributed by atoms with Crippen LogP contribution in [0.3, 0.4) is 0 Å². The van der Waals surface area contributed by atoms with Crippen molar-refractivity contribution in [2.75, 3.05) is 16.0 Å². The summed E-state index contributed by atoms with van der Waals surface area (Å²) in [5.41, 5.74) is 3.29. The van der Waals surface area contributed by atoms with Gasteiger partial charge in [0.25, 0.3) is 11.8 Å². The van der Waals surface area contributed by atoms with Gasteiger partial charge in [-0.25, -0.2) is 4.98 Å². The van der Waals surface area contributed by atoms with Gasteiger partial charge in [-0.15, -0.1) is 0 Å². The van der Waals surface area contributed by atoms with Crippen molar-refractivity contribution < 1.29 is 14.4 Å². The van der Waals surface area contributed by atoms with Crippen LogP contribution in [0.2, 0.25) is 0 Å². The Hall–Kier alpha value is -4.72. The number of para-hydroxylation sites is 1. The highest BCUT2D eigenvalue weighted by Gasteiger charge is 2.15. The maximum atomic E-state index is 12.9. The molecule has 0 saturated heterocycles. The van der Waals surface area contributed by atoms with Crippen molar-refractivity contribution in [3.05, 3.63) is 108 Å². The fourth-order valence-electron chi connectivity index (χ4n) is 3.52. The molecule has 3 N–H and O–H groups in total. The zero-order valence-electron chi connectivity index (χ0n) is 19.2. The molecule has 0 saturated carbocycles. The number of nitrogens with one attached hydrogen (secondary N) is 3. The van der Waals surface area contributed by atoms with Crippen molar-refractivity contribution in [2.45, 2.75) is 19.9 Å². The summed E-state index contributed by atoms with van der Waals surface area (Å²) < 4.78 is 1.82. The van der Waals surface area contributed by atoms with Gasteiger partial charge >= 0.3 is 0 Å². The van der Waals surface area contributed by atoms with Crippen LogP contribution in [0.25, 0.3) is 0 Å². The molecule has 0 bridgehead atoms. The van der Waals surface area contributed by atoms with Crippen molar-refractivity contribution in [3.63, 3.8) is 0 Å². The van der Waals surface area contributed by atoms with Gasteiger partial charge in [-0.05, 0) is 55.0 Å². The number of rotatable bonds is 8. The third-order valence-corrected chi connectivity index (χ3v) is 5.26. The second kappa shape index (κ2) is 10.9. The monoisotopic (exact) mass is 467 g/mol. The van der Waals surface area contributed by atoms with Crippen LogP contribution in [0.5, 0.6) is 0 Å². The maximum Gasteiger partial charge on any atom is 0.257 e. The Balaban J connectivity index is 1.41. The van der Waals surface area contributed by atoms with Crippen molar-refractivity contribution in [1.29, 1.82) is 0 Å². The fraction of sp³-hybridized carbons (Fsp3) is 0.111. The van der Waals surface area contributed by atoms with Crippen molar-refractivity contribution in [1.82, 2.24) is 9.55 Å². The summed E-state index contributed by atoms with van der Waals surface area (Å²) >= 11 is 0. The van der Waals surface area contributed by atoms with Gasteiger partial charge in [0, 0.05) is 42.3 Å². The minimum atomic E-state index is -0.393. The van der Waals surface area contributed by atoms with Gasteiger partial charge in [0.2, 0.25) is 5.91 Å². The number of hydrogen-bond acceptors (Lipinski definition) is 4. The molecule has 0 atom stereocenters. The smallest absolute Gasteiger partial charge is 0.257 e. The molecular formula is C27H25N5O3. The molecule has 4 rings (SSSR count). The van der Waals surface area contributed by atoms with E-state index in [1.165, 1.54) is 0 Å². The summed E-state index contributed by atoms with van der Waals surface area (Å²) in [5.74, 6) is -0.893. The third kappa shape index (κ3) is 6.42. The minimum Gasteiger partial charge on any atom is -0.337 e. The summed E-state index contributed by atoms with van der Waals surface area (Å²) in [4.78, 5) is 42.0. The van der Waals surface area contributed by atoms with Crippen LogP contribution in [-0.4, -0.2) is 27.3 Å². The fourth-order valence-corrected chi connectivity index (χ4v) is 3.52. The van der Waals surface area contributed by atoms with E-state index in [1.807, 2.05) is 29.7 Å². The quantitative estimate of drug-likeness (QED) is 0.349. The molecule has 1 aromatic heterocycles. The van der Waals surface area contributed by atoms with Crippen LogP contribution in [0, 0.1) is 6.92 Å². The Morgan fingerprint density at radius 1 is 0.829 bits per heavy atom. The van der Waals surface area contributed by atoms with Gasteiger partial charge in [-0.1, -0.05) is 30.3 Å². The molecule has 0 fully saturated rings. The summed E-state index contributed by atoms with van der Waals surface area (Å²) in [6, 6.07) is 20.9. The van der Waals surface area contributed by atoms with Crippen LogP contribution in [0.15, 0.2) is 91.5 Å². The normalized spacial score (nSPS) is 10.4. The Morgan fingerprint density at radius 2 is 1.60 bits per heavy atom. The van der Waals surface area contributed by atoms with E-state index in [0.717, 1.165) is 5.56 Å². The Kier molecular flexibility index (Phi) is 7.32. The molecule has 3 aromatic carbocycles. The molecule has 8 heteroatoms. The summed E-state index contributed by atoms with van der Waals surface area (Å²) in [6.45, 7) is 2.45. The van der Waals surface area contributed by atoms with E-state index >= 15 is 0 Å². The molecule has 35 heavy (non-hydrogen) atoms. The topological polar surface area (TPSA) is 105 Å². The van der Waals surface area contributed by atoms with E-state index in [4.69, 9.17) is 0 Å². The molecule has 176 valence electrons. The van der Waals surface area contributed by atoms with E-state index in [1.54, 1.807) is 73.3 Å². The summed E-state index contributed by atoms with van der Waals surface area (Å²) in [7, 11) is 0. The zero-order valence-corrected chi connectivity index (χ0v) is 19.2. The number of aryl methyl sites for hydroxylation is 2. The van der Waals surface area contributed by atoms with Crippen LogP contribution < -0.4 is 16.0 Å². The molecule has 3 amide bonds. The summed E-state index contributed by atoms with van der Waals surface area (Å²) in [6.07, 6.45) is 5.37. The van der Waals surface area contributed by atoms with E-state index in [0.29, 0.717) is 34.7 Å². The van der Waals surface area contributed by atoms with Crippen molar-refractivity contribution in [3.8, 4) is 0 Å². The second-order valence-corrected chi connectivity index (χ2v) is 8.00. The lowest BCUT2D eigenvalue weighted by molar-refractivity contribution is -0.116. The predicted octanol–water partition coefficient (Wildman–Crippen LogP) is 4.72. The molecule has 1 heterocycles. The van der Waals surface area contributed by atoms with E-state index in [-0.39, 0.29) is 18.2 Å². The first-order chi connectivity index (χ1) is 17.0. The van der Waals surface area contributed by atoms with E-state index in [2.05, 4.69) is 20.9 Å². The standard InChI is InChI=1S/C27H25N5O3/c1-19-6-4-8-21(16-19)30-27(35)23-10-2-3-11-24(23)31-26(34)20-7-5-9-22(17-20)29-25(33)12-14-32-15-13-28-18-32/h2-11,13,15-18H,12,14H2,1H3,(H,29,33)(H,30,35)(H,31,34). The zero-order chi connectivity index (χ0) is 24.6. The average molecular weight is 468 g/mol. The molecule has 0 aliphatic heterocycles. The number of benzene rings is 3. The largest absolute Gasteiger partial charge is 0.337 e. The Labute approximate surface area is 203 Å². The number of hydrogen-bond donors (Lipinski definition) is 3. The maximum absolute atomic E-state index is 12.9. The lowest BCUT2D eigenvalue weighted by Crippen LogP contribution is -2.19. The predicted molar refractivity (Wildman–Crippen MR) is 135 cm³/mol. The molecule has 0 unspecified atom stereocenters. The van der Waals surface area contributed by atoms with Crippen LogP contribution in [-0.2, 0) is 11.3 Å². The first-order valence-corrected chi connectivity index (χ1v) is 11.1. The molecule has 8 nitrogen and oxygen atoms in total. The van der Waals surface area contributed by atoms with Gasteiger partial charge in [0.05, 0.1) is 17.6 Å². The molecule has 0 spiro atoms. The lowest BCUT2D eigenvalue weighted by atomic mass is 10.1. The minimum absolute atomic E-state index is 0.172. The number of imidazole rings is 1. The third-order valence-electron chi connectivity index (χ3n) is 5.26. The van der Waals surface area contributed by atoms with Crippen LogP contribution in [0.1, 0.15) is 32.7 Å². The number of carbonyl (C=O) groups is 3. The van der Waals surface area contributed by atoms with Crippen LogP contribution >= 0.6 is 0 Å². The molecule has 0 aliphatic rings. The van der Waals surface area contributed by atoms with Gasteiger partial charge in [0.1, 0.15) is 0 Å². The summed E-state index contributed by atoms with van der Waals surface area (Å²) in [5, 5.41) is 8.48. The average Bonchev–Trinajstić information content (AvgIpc) is 3.37. The first kappa shape index (κ1) is 23.4. The SMILES string of the molecule is Cc1cccc(NC(=O)c2ccccc2NC(=O)c2cccc(NC(=O)CCn3ccnc3)c2)c1.